The van der Waals surface area contributed by atoms with Crippen molar-refractivity contribution in [2.45, 2.75) is 39.5 Å². The third-order valence-corrected chi connectivity index (χ3v) is 11.2. The second-order valence-electron chi connectivity index (χ2n) is 5.78. The number of hydrogen-bond donors (Lipinski definition) is 0. The summed E-state index contributed by atoms with van der Waals surface area (Å²) in [5.41, 5.74) is -0.0749. The minimum Gasteiger partial charge on any atom is -0.304 e. The lowest BCUT2D eigenvalue weighted by Gasteiger charge is -2.34. The first-order valence-electron chi connectivity index (χ1n) is 9.40. The summed E-state index contributed by atoms with van der Waals surface area (Å²) in [7, 11) is -13.9. The summed E-state index contributed by atoms with van der Waals surface area (Å²) in [6.07, 6.45) is 0. The molecule has 0 spiro atoms. The molecule has 0 fully saturated rings. The first-order chi connectivity index (χ1) is 14.4. The van der Waals surface area contributed by atoms with Gasteiger partial charge in [-0.25, -0.2) is 13.0 Å². The van der Waals surface area contributed by atoms with Gasteiger partial charge in [-0.1, -0.05) is 40.9 Å². The second kappa shape index (κ2) is 12.2. The van der Waals surface area contributed by atoms with Gasteiger partial charge in [0.05, 0.1) is 31.3 Å². The summed E-state index contributed by atoms with van der Waals surface area (Å²) in [6.45, 7) is 7.07. The van der Waals surface area contributed by atoms with Gasteiger partial charge in [0.1, 0.15) is 4.49 Å². The maximum absolute atomic E-state index is 13.7. The van der Waals surface area contributed by atoms with Crippen LogP contribution in [-0.2, 0) is 37.2 Å². The molecule has 178 valence electrons. The molecule has 0 heterocycles. The van der Waals surface area contributed by atoms with Crippen LogP contribution in [0.2, 0.25) is 0 Å². The van der Waals surface area contributed by atoms with Crippen molar-refractivity contribution in [2.75, 3.05) is 26.4 Å². The third-order valence-electron chi connectivity index (χ3n) is 3.56. The summed E-state index contributed by atoms with van der Waals surface area (Å²) in [6, 6.07) is 5.64. The van der Waals surface area contributed by atoms with Crippen LogP contribution in [0.15, 0.2) is 39.1 Å². The fraction of sp³-hybridized carbons (Fsp3) is 0.529. The number of halogens is 2. The largest absolute Gasteiger partial charge is 0.449 e. The van der Waals surface area contributed by atoms with Crippen LogP contribution in [0.1, 0.15) is 33.3 Å². The highest BCUT2D eigenvalue weighted by Gasteiger charge is 2.52. The maximum atomic E-state index is 13.7. The molecule has 1 rings (SSSR count). The fourth-order valence-electron chi connectivity index (χ4n) is 2.42. The van der Waals surface area contributed by atoms with Gasteiger partial charge >= 0.3 is 15.3 Å². The zero-order chi connectivity index (χ0) is 23.9. The molecule has 0 aliphatic carbocycles. The van der Waals surface area contributed by atoms with Crippen molar-refractivity contribution in [3.63, 3.8) is 0 Å². The standard InChI is InChI=1S/C17H27Cl2NO8P2S/c1-6-25-29(21,26-7-2)17(16(18)19)20(30(22,27-8-3)28-9-4)31(23,24)15-12-10-14(5)11-13-15/h10-13H,6-9H2,1-5H3. The van der Waals surface area contributed by atoms with E-state index < -0.39 is 35.3 Å². The Labute approximate surface area is 193 Å². The van der Waals surface area contributed by atoms with E-state index in [-0.39, 0.29) is 35.4 Å². The topological polar surface area (TPSA) is 108 Å². The molecule has 0 saturated carbocycles. The Morgan fingerprint density at radius 3 is 1.65 bits per heavy atom. The summed E-state index contributed by atoms with van der Waals surface area (Å²) < 4.78 is 75.0. The third kappa shape index (κ3) is 6.79. The molecule has 9 nitrogen and oxygen atoms in total. The normalized spacial score (nSPS) is 12.6. The molecule has 31 heavy (non-hydrogen) atoms. The monoisotopic (exact) mass is 537 g/mol. The average molecular weight is 538 g/mol. The smallest absolute Gasteiger partial charge is 0.304 e. The highest BCUT2D eigenvalue weighted by molar-refractivity contribution is 7.95. The molecule has 0 aliphatic heterocycles. The highest BCUT2D eigenvalue weighted by Crippen LogP contribution is 2.68. The van der Waals surface area contributed by atoms with E-state index in [4.69, 9.17) is 41.3 Å². The summed E-state index contributed by atoms with van der Waals surface area (Å²) >= 11 is 12.0. The second-order valence-corrected chi connectivity index (χ2v) is 12.6. The molecule has 0 saturated heterocycles. The van der Waals surface area contributed by atoms with E-state index in [0.717, 1.165) is 5.56 Å². The van der Waals surface area contributed by atoms with Crippen molar-refractivity contribution in [1.29, 1.82) is 0 Å². The highest BCUT2D eigenvalue weighted by atomic mass is 35.5. The summed E-state index contributed by atoms with van der Waals surface area (Å²) in [4.78, 5) is -0.288. The molecule has 0 bridgehead atoms. The van der Waals surface area contributed by atoms with E-state index in [0.29, 0.717) is 0 Å². The van der Waals surface area contributed by atoms with Gasteiger partial charge in [0, 0.05) is 0 Å². The van der Waals surface area contributed by atoms with Crippen LogP contribution in [0.4, 0.5) is 0 Å². The predicted molar refractivity (Wildman–Crippen MR) is 121 cm³/mol. The molecular formula is C17H27Cl2NO8P2S. The van der Waals surface area contributed by atoms with Gasteiger partial charge in [0.2, 0.25) is 0 Å². The van der Waals surface area contributed by atoms with Gasteiger partial charge in [0.15, 0.2) is 5.44 Å². The Kier molecular flexibility index (Phi) is 11.2. The van der Waals surface area contributed by atoms with E-state index in [1.165, 1.54) is 52.0 Å². The first kappa shape index (κ1) is 28.6. The SMILES string of the molecule is CCOP(=O)(OCC)C(=C(Cl)Cl)N(P(=O)(OCC)OCC)S(=O)(=O)c1ccc(C)cc1. The van der Waals surface area contributed by atoms with Crippen molar-refractivity contribution < 1.29 is 35.6 Å². The van der Waals surface area contributed by atoms with Crippen molar-refractivity contribution >= 4 is 48.6 Å². The molecule has 0 unspecified atom stereocenters. The molecule has 0 atom stereocenters. The van der Waals surface area contributed by atoms with Crippen molar-refractivity contribution in [3.8, 4) is 0 Å². The first-order valence-corrected chi connectivity index (χ1v) is 14.6. The minimum absolute atomic E-state index is 0.145. The zero-order valence-electron chi connectivity index (χ0n) is 17.9. The molecule has 0 N–H and O–H groups in total. The molecule has 1 aromatic rings. The van der Waals surface area contributed by atoms with Crippen LogP contribution < -0.4 is 0 Å². The van der Waals surface area contributed by atoms with Gasteiger partial charge < -0.3 is 9.05 Å². The molecule has 0 aromatic heterocycles. The van der Waals surface area contributed by atoms with Crippen LogP contribution in [0.5, 0.6) is 0 Å². The van der Waals surface area contributed by atoms with Gasteiger partial charge in [-0.2, -0.15) is 4.08 Å². The molecule has 0 radical (unpaired) electrons. The van der Waals surface area contributed by atoms with Gasteiger partial charge in [-0.3, -0.25) is 13.6 Å². The Bertz CT molecular complexity index is 945. The van der Waals surface area contributed by atoms with Crippen molar-refractivity contribution in [2.24, 2.45) is 0 Å². The number of rotatable bonds is 13. The van der Waals surface area contributed by atoms with E-state index in [1.807, 2.05) is 0 Å². The number of aryl methyl sites for hydroxylation is 1. The lowest BCUT2D eigenvalue weighted by molar-refractivity contribution is 0.192. The van der Waals surface area contributed by atoms with E-state index in [2.05, 4.69) is 0 Å². The lowest BCUT2D eigenvalue weighted by Crippen LogP contribution is -2.31. The Hall–Kier alpha value is -0.410. The van der Waals surface area contributed by atoms with Crippen LogP contribution >= 0.6 is 38.5 Å². The van der Waals surface area contributed by atoms with Crippen LogP contribution in [0.3, 0.4) is 0 Å². The maximum Gasteiger partial charge on any atom is 0.449 e. The Morgan fingerprint density at radius 2 is 1.29 bits per heavy atom. The number of benzene rings is 1. The van der Waals surface area contributed by atoms with E-state index in [9.17, 15) is 17.5 Å². The minimum atomic E-state index is -4.72. The molecular weight excluding hydrogens is 511 g/mol. The molecule has 0 amide bonds. The molecule has 14 heteroatoms. The van der Waals surface area contributed by atoms with Crippen LogP contribution in [0.25, 0.3) is 0 Å². The number of nitrogens with zero attached hydrogens (tertiary/aromatic N) is 1. The van der Waals surface area contributed by atoms with Crippen molar-refractivity contribution in [3.05, 3.63) is 39.8 Å². The van der Waals surface area contributed by atoms with Crippen molar-refractivity contribution in [1.82, 2.24) is 4.08 Å². The zero-order valence-corrected chi connectivity index (χ0v) is 22.0. The van der Waals surface area contributed by atoms with Crippen LogP contribution in [-0.4, -0.2) is 38.9 Å². The fourth-order valence-corrected chi connectivity index (χ4v) is 10.0. The molecule has 0 aliphatic rings. The van der Waals surface area contributed by atoms with Gasteiger partial charge in [0.25, 0.3) is 10.0 Å². The molecule has 1 aromatic carbocycles. The Morgan fingerprint density at radius 1 is 0.871 bits per heavy atom. The van der Waals surface area contributed by atoms with E-state index in [1.54, 1.807) is 6.92 Å². The Balaban J connectivity index is 4.00. The van der Waals surface area contributed by atoms with Crippen LogP contribution in [0, 0.1) is 6.92 Å². The summed E-state index contributed by atoms with van der Waals surface area (Å²) in [5.74, 6) is 0. The average Bonchev–Trinajstić information content (AvgIpc) is 2.66. The lowest BCUT2D eigenvalue weighted by atomic mass is 10.2. The van der Waals surface area contributed by atoms with Gasteiger partial charge in [-0.05, 0) is 46.8 Å². The van der Waals surface area contributed by atoms with Gasteiger partial charge in [-0.15, -0.1) is 0 Å². The predicted octanol–water partition coefficient (Wildman–Crippen LogP) is 6.04. The summed E-state index contributed by atoms with van der Waals surface area (Å²) in [5, 5.41) is 0. The van der Waals surface area contributed by atoms with E-state index >= 15 is 0 Å². The quantitative estimate of drug-likeness (QED) is 0.280. The number of hydrogen-bond acceptors (Lipinski definition) is 8. The number of sulfonamides is 1.